The van der Waals surface area contributed by atoms with Crippen molar-refractivity contribution >= 4 is 33.2 Å². The first-order valence-corrected chi connectivity index (χ1v) is 9.01. The summed E-state index contributed by atoms with van der Waals surface area (Å²) in [5.41, 5.74) is 1.91. The smallest absolute Gasteiger partial charge is 0.273 e. The predicted octanol–water partition coefficient (Wildman–Crippen LogP) is 2.63. The number of primary sulfonamides is 1. The van der Waals surface area contributed by atoms with Gasteiger partial charge in [0, 0.05) is 11.3 Å². The van der Waals surface area contributed by atoms with Crippen LogP contribution in [0.15, 0.2) is 59.5 Å². The molecule has 0 saturated carbocycles. The lowest BCUT2D eigenvalue weighted by atomic mass is 10.1. The van der Waals surface area contributed by atoms with Gasteiger partial charge in [-0.05, 0) is 36.4 Å². The number of anilines is 1. The summed E-state index contributed by atoms with van der Waals surface area (Å²) in [6.45, 7) is 0. The molecule has 0 bridgehead atoms. The van der Waals surface area contributed by atoms with Crippen LogP contribution in [0.5, 0.6) is 0 Å². The van der Waals surface area contributed by atoms with Crippen molar-refractivity contribution in [1.29, 1.82) is 0 Å². The Hall–Kier alpha value is -2.68. The van der Waals surface area contributed by atoms with Crippen LogP contribution in [0, 0.1) is 0 Å². The molecule has 0 atom stereocenters. The van der Waals surface area contributed by atoms with E-state index in [0.29, 0.717) is 22.0 Å². The molecule has 0 unspecified atom stereocenters. The van der Waals surface area contributed by atoms with Gasteiger partial charge in [0.05, 0.1) is 15.6 Å². The number of sulfonamides is 1. The SMILES string of the molecule is NS(=O)(=O)c1ccc(NC(=O)c2cc(-c3ccccc3Cl)n[nH]2)cc1. The molecule has 7 nitrogen and oxygen atoms in total. The summed E-state index contributed by atoms with van der Waals surface area (Å²) in [5, 5.41) is 14.9. The largest absolute Gasteiger partial charge is 0.321 e. The molecule has 9 heteroatoms. The highest BCUT2D eigenvalue weighted by Gasteiger charge is 2.13. The molecule has 1 aromatic heterocycles. The number of nitrogens with zero attached hydrogens (tertiary/aromatic N) is 1. The van der Waals surface area contributed by atoms with E-state index >= 15 is 0 Å². The van der Waals surface area contributed by atoms with Crippen LogP contribution >= 0.6 is 11.6 Å². The summed E-state index contributed by atoms with van der Waals surface area (Å²) in [4.78, 5) is 12.2. The molecular weight excluding hydrogens is 364 g/mol. The fourth-order valence-electron chi connectivity index (χ4n) is 2.17. The highest BCUT2D eigenvalue weighted by Crippen LogP contribution is 2.26. The van der Waals surface area contributed by atoms with Crippen LogP contribution < -0.4 is 10.5 Å². The fraction of sp³-hybridized carbons (Fsp3) is 0. The fourth-order valence-corrected chi connectivity index (χ4v) is 2.92. The zero-order valence-electron chi connectivity index (χ0n) is 12.7. The summed E-state index contributed by atoms with van der Waals surface area (Å²) < 4.78 is 22.4. The Morgan fingerprint density at radius 3 is 2.44 bits per heavy atom. The minimum Gasteiger partial charge on any atom is -0.321 e. The summed E-state index contributed by atoms with van der Waals surface area (Å²) in [5.74, 6) is -0.422. The molecule has 0 radical (unpaired) electrons. The van der Waals surface area contributed by atoms with Gasteiger partial charge in [0.15, 0.2) is 0 Å². The quantitative estimate of drug-likeness (QED) is 0.648. The third kappa shape index (κ3) is 3.87. The number of benzene rings is 2. The third-order valence-corrected chi connectivity index (χ3v) is 4.67. The van der Waals surface area contributed by atoms with E-state index in [-0.39, 0.29) is 10.6 Å². The van der Waals surface area contributed by atoms with Crippen LogP contribution in [0.2, 0.25) is 5.02 Å². The molecule has 0 aliphatic rings. The van der Waals surface area contributed by atoms with E-state index in [2.05, 4.69) is 15.5 Å². The van der Waals surface area contributed by atoms with Crippen molar-refractivity contribution in [3.05, 3.63) is 65.3 Å². The lowest BCUT2D eigenvalue weighted by Gasteiger charge is -2.04. The Morgan fingerprint density at radius 2 is 1.80 bits per heavy atom. The van der Waals surface area contributed by atoms with Crippen LogP contribution in [-0.2, 0) is 10.0 Å². The van der Waals surface area contributed by atoms with Crippen LogP contribution in [-0.4, -0.2) is 24.5 Å². The molecule has 0 saturated heterocycles. The second-order valence-corrected chi connectivity index (χ2v) is 7.14. The van der Waals surface area contributed by atoms with E-state index in [0.717, 1.165) is 0 Å². The summed E-state index contributed by atoms with van der Waals surface area (Å²) in [7, 11) is -3.77. The van der Waals surface area contributed by atoms with Gasteiger partial charge in [-0.2, -0.15) is 5.10 Å². The molecule has 0 fully saturated rings. The van der Waals surface area contributed by atoms with Crippen molar-refractivity contribution in [2.24, 2.45) is 5.14 Å². The highest BCUT2D eigenvalue weighted by molar-refractivity contribution is 7.89. The van der Waals surface area contributed by atoms with E-state index in [1.54, 1.807) is 24.3 Å². The van der Waals surface area contributed by atoms with E-state index in [9.17, 15) is 13.2 Å². The summed E-state index contributed by atoms with van der Waals surface area (Å²) in [6.07, 6.45) is 0. The number of carbonyl (C=O) groups excluding carboxylic acids is 1. The molecule has 0 aliphatic carbocycles. The minimum absolute atomic E-state index is 0.0342. The number of halogens is 1. The molecule has 25 heavy (non-hydrogen) atoms. The number of aromatic nitrogens is 2. The van der Waals surface area contributed by atoms with Gasteiger partial charge in [0.25, 0.3) is 5.91 Å². The Morgan fingerprint density at radius 1 is 1.12 bits per heavy atom. The summed E-state index contributed by atoms with van der Waals surface area (Å²) >= 11 is 6.12. The van der Waals surface area contributed by atoms with Gasteiger partial charge < -0.3 is 5.32 Å². The van der Waals surface area contributed by atoms with Crippen LogP contribution in [0.1, 0.15) is 10.5 Å². The average molecular weight is 377 g/mol. The van der Waals surface area contributed by atoms with Gasteiger partial charge in [-0.3, -0.25) is 9.89 Å². The highest BCUT2D eigenvalue weighted by atomic mass is 35.5. The van der Waals surface area contributed by atoms with Crippen LogP contribution in [0.4, 0.5) is 5.69 Å². The van der Waals surface area contributed by atoms with Crippen LogP contribution in [0.25, 0.3) is 11.3 Å². The van der Waals surface area contributed by atoms with Gasteiger partial charge >= 0.3 is 0 Å². The van der Waals surface area contributed by atoms with Gasteiger partial charge in [0.1, 0.15) is 5.69 Å². The Labute approximate surface area is 148 Å². The van der Waals surface area contributed by atoms with Crippen LogP contribution in [0.3, 0.4) is 0 Å². The van der Waals surface area contributed by atoms with Crippen molar-refractivity contribution in [3.63, 3.8) is 0 Å². The number of nitrogens with two attached hydrogens (primary N) is 1. The molecule has 128 valence electrons. The zero-order chi connectivity index (χ0) is 18.0. The van der Waals surface area contributed by atoms with Crippen molar-refractivity contribution < 1.29 is 13.2 Å². The number of aromatic amines is 1. The lowest BCUT2D eigenvalue weighted by Crippen LogP contribution is -2.14. The Bertz CT molecular complexity index is 1030. The molecule has 0 spiro atoms. The molecule has 3 rings (SSSR count). The molecule has 1 amide bonds. The minimum atomic E-state index is -3.77. The van der Waals surface area contributed by atoms with Gasteiger partial charge in [-0.25, -0.2) is 13.6 Å². The Balaban J connectivity index is 1.77. The third-order valence-electron chi connectivity index (χ3n) is 3.41. The molecule has 1 heterocycles. The maximum atomic E-state index is 12.3. The van der Waals surface area contributed by atoms with Crippen molar-refractivity contribution in [2.75, 3.05) is 5.32 Å². The number of nitrogens with one attached hydrogen (secondary N) is 2. The number of rotatable bonds is 4. The molecule has 0 aliphatic heterocycles. The monoisotopic (exact) mass is 376 g/mol. The van der Waals surface area contributed by atoms with Gasteiger partial charge in [0.2, 0.25) is 10.0 Å². The second kappa shape index (κ2) is 6.67. The second-order valence-electron chi connectivity index (χ2n) is 5.17. The number of carbonyl (C=O) groups is 1. The predicted molar refractivity (Wildman–Crippen MR) is 94.8 cm³/mol. The molecule has 3 aromatic rings. The topological polar surface area (TPSA) is 118 Å². The van der Waals surface area contributed by atoms with E-state index in [4.69, 9.17) is 16.7 Å². The van der Waals surface area contributed by atoms with Gasteiger partial charge in [-0.15, -0.1) is 0 Å². The van der Waals surface area contributed by atoms with E-state index in [1.165, 1.54) is 24.3 Å². The number of amides is 1. The van der Waals surface area contributed by atoms with Crippen molar-refractivity contribution in [3.8, 4) is 11.3 Å². The number of H-pyrrole nitrogens is 1. The maximum absolute atomic E-state index is 12.3. The summed E-state index contributed by atoms with van der Waals surface area (Å²) in [6, 6.07) is 14.3. The standard InChI is InChI=1S/C16H13ClN4O3S/c17-13-4-2-1-3-12(13)14-9-15(21-20-14)16(22)19-10-5-7-11(8-6-10)25(18,23)24/h1-9H,(H,19,22)(H,20,21)(H2,18,23,24). The zero-order valence-corrected chi connectivity index (χ0v) is 14.3. The van der Waals surface area contributed by atoms with Crippen molar-refractivity contribution in [2.45, 2.75) is 4.90 Å². The Kier molecular flexibility index (Phi) is 4.58. The van der Waals surface area contributed by atoms with Crippen molar-refractivity contribution in [1.82, 2.24) is 10.2 Å². The van der Waals surface area contributed by atoms with Gasteiger partial charge in [-0.1, -0.05) is 29.8 Å². The first kappa shape index (κ1) is 17.2. The normalized spacial score (nSPS) is 11.3. The maximum Gasteiger partial charge on any atom is 0.273 e. The van der Waals surface area contributed by atoms with E-state index < -0.39 is 15.9 Å². The number of hydrogen-bond acceptors (Lipinski definition) is 4. The first-order chi connectivity index (χ1) is 11.8. The first-order valence-electron chi connectivity index (χ1n) is 7.09. The number of hydrogen-bond donors (Lipinski definition) is 3. The lowest BCUT2D eigenvalue weighted by molar-refractivity contribution is 0.102. The molecular formula is C16H13ClN4O3S. The average Bonchev–Trinajstić information content (AvgIpc) is 3.05. The molecule has 4 N–H and O–H groups in total. The van der Waals surface area contributed by atoms with E-state index in [1.807, 2.05) is 6.07 Å². The molecule has 2 aromatic carbocycles.